The van der Waals surface area contributed by atoms with Crippen molar-refractivity contribution in [1.29, 1.82) is 5.26 Å². The fourth-order valence-corrected chi connectivity index (χ4v) is 3.46. The third-order valence-corrected chi connectivity index (χ3v) is 4.92. The number of rotatable bonds is 7. The van der Waals surface area contributed by atoms with E-state index in [-0.39, 0.29) is 5.82 Å². The molecule has 0 spiro atoms. The van der Waals surface area contributed by atoms with Crippen LogP contribution in [-0.2, 0) is 6.54 Å². The molecule has 0 unspecified atom stereocenters. The Morgan fingerprint density at radius 3 is 2.16 bits per heavy atom. The fourth-order valence-electron chi connectivity index (χ4n) is 3.46. The van der Waals surface area contributed by atoms with Crippen LogP contribution in [0, 0.1) is 11.3 Å². The van der Waals surface area contributed by atoms with E-state index in [4.69, 9.17) is 19.9 Å². The smallest absolute Gasteiger partial charge is 0.161 e. The maximum atomic E-state index is 9.75. The molecule has 160 valence electrons. The van der Waals surface area contributed by atoms with Gasteiger partial charge < -0.3 is 24.8 Å². The van der Waals surface area contributed by atoms with Crippen LogP contribution in [0.15, 0.2) is 42.5 Å². The van der Waals surface area contributed by atoms with Gasteiger partial charge in [0.25, 0.3) is 0 Å². The molecule has 2 aromatic carbocycles. The van der Waals surface area contributed by atoms with Gasteiger partial charge >= 0.3 is 0 Å². The third-order valence-electron chi connectivity index (χ3n) is 4.92. The van der Waals surface area contributed by atoms with Crippen LogP contribution in [0.3, 0.4) is 0 Å². The molecule has 3 aromatic rings. The van der Waals surface area contributed by atoms with E-state index in [1.807, 2.05) is 56.6 Å². The molecule has 0 bridgehead atoms. The average Bonchev–Trinajstić information content (AvgIpc) is 2.77. The summed E-state index contributed by atoms with van der Waals surface area (Å²) in [5.41, 5.74) is 10.6. The van der Waals surface area contributed by atoms with Gasteiger partial charge in [-0.15, -0.1) is 0 Å². The van der Waals surface area contributed by atoms with E-state index in [1.165, 1.54) is 0 Å². The second kappa shape index (κ2) is 9.37. The first-order valence-corrected chi connectivity index (χ1v) is 9.66. The molecule has 1 heterocycles. The second-order valence-electron chi connectivity index (χ2n) is 7.26. The first-order valence-electron chi connectivity index (χ1n) is 9.66. The Hall–Kier alpha value is -3.76. The van der Waals surface area contributed by atoms with Crippen molar-refractivity contribution in [3.05, 3.63) is 53.6 Å². The first kappa shape index (κ1) is 21.9. The van der Waals surface area contributed by atoms with E-state index in [2.05, 4.69) is 16.0 Å². The Labute approximate surface area is 182 Å². The van der Waals surface area contributed by atoms with Crippen LogP contribution in [-0.4, -0.2) is 45.3 Å². The largest absolute Gasteiger partial charge is 0.496 e. The number of nitriles is 1. The summed E-state index contributed by atoms with van der Waals surface area (Å²) in [7, 11) is 8.80. The molecule has 3 rings (SSSR count). The predicted octanol–water partition coefficient (Wildman–Crippen LogP) is 3.96. The first-order chi connectivity index (χ1) is 14.9. The zero-order valence-electron chi connectivity index (χ0n) is 18.4. The van der Waals surface area contributed by atoms with Crippen molar-refractivity contribution in [3.8, 4) is 45.7 Å². The van der Waals surface area contributed by atoms with Crippen molar-refractivity contribution >= 4 is 5.82 Å². The van der Waals surface area contributed by atoms with Crippen molar-refractivity contribution in [2.24, 2.45) is 0 Å². The second-order valence-corrected chi connectivity index (χ2v) is 7.26. The zero-order valence-corrected chi connectivity index (χ0v) is 18.4. The van der Waals surface area contributed by atoms with Gasteiger partial charge in [-0.25, -0.2) is 4.98 Å². The third kappa shape index (κ3) is 4.55. The fraction of sp³-hybridized carbons (Fsp3) is 0.250. The molecule has 0 fully saturated rings. The zero-order chi connectivity index (χ0) is 22.5. The van der Waals surface area contributed by atoms with Gasteiger partial charge in [-0.05, 0) is 56.1 Å². The summed E-state index contributed by atoms with van der Waals surface area (Å²) in [6.45, 7) is 0.696. The van der Waals surface area contributed by atoms with Gasteiger partial charge in [0.15, 0.2) is 11.5 Å². The molecule has 0 saturated carbocycles. The van der Waals surface area contributed by atoms with Crippen molar-refractivity contribution in [2.45, 2.75) is 6.54 Å². The normalized spacial score (nSPS) is 10.6. The van der Waals surface area contributed by atoms with E-state index >= 15 is 0 Å². The van der Waals surface area contributed by atoms with Crippen LogP contribution in [0.25, 0.3) is 22.4 Å². The molecule has 7 nitrogen and oxygen atoms in total. The van der Waals surface area contributed by atoms with Crippen molar-refractivity contribution in [3.63, 3.8) is 0 Å². The quantitative estimate of drug-likeness (QED) is 0.621. The highest BCUT2D eigenvalue weighted by atomic mass is 16.5. The predicted molar refractivity (Wildman–Crippen MR) is 121 cm³/mol. The number of pyridine rings is 1. The van der Waals surface area contributed by atoms with E-state index in [9.17, 15) is 5.26 Å². The highest BCUT2D eigenvalue weighted by Gasteiger charge is 2.16. The summed E-state index contributed by atoms with van der Waals surface area (Å²) in [6, 6.07) is 15.4. The molecule has 31 heavy (non-hydrogen) atoms. The lowest BCUT2D eigenvalue weighted by atomic mass is 9.96. The summed E-state index contributed by atoms with van der Waals surface area (Å²) in [6.07, 6.45) is 0. The minimum atomic E-state index is 0.176. The lowest BCUT2D eigenvalue weighted by molar-refractivity contribution is 0.355. The Kier molecular flexibility index (Phi) is 6.63. The summed E-state index contributed by atoms with van der Waals surface area (Å²) in [5.74, 6) is 2.17. The van der Waals surface area contributed by atoms with Crippen LogP contribution >= 0.6 is 0 Å². The summed E-state index contributed by atoms with van der Waals surface area (Å²) in [4.78, 5) is 6.52. The van der Waals surface area contributed by atoms with Gasteiger partial charge in [-0.1, -0.05) is 6.07 Å². The van der Waals surface area contributed by atoms with Crippen molar-refractivity contribution < 1.29 is 14.2 Å². The number of nitrogens with zero attached hydrogens (tertiary/aromatic N) is 3. The lowest BCUT2D eigenvalue weighted by Crippen LogP contribution is -2.11. The van der Waals surface area contributed by atoms with Crippen LogP contribution < -0.4 is 19.9 Å². The summed E-state index contributed by atoms with van der Waals surface area (Å²) >= 11 is 0. The summed E-state index contributed by atoms with van der Waals surface area (Å²) < 4.78 is 16.2. The molecule has 0 amide bonds. The molecular formula is C24H26N4O3. The number of ether oxygens (including phenoxy) is 3. The molecule has 0 aliphatic rings. The van der Waals surface area contributed by atoms with Gasteiger partial charge in [0.1, 0.15) is 23.2 Å². The Balaban J connectivity index is 2.18. The molecule has 0 saturated heterocycles. The van der Waals surface area contributed by atoms with Crippen LogP contribution in [0.2, 0.25) is 0 Å². The van der Waals surface area contributed by atoms with Crippen LogP contribution in [0.1, 0.15) is 11.1 Å². The average molecular weight is 418 g/mol. The maximum Gasteiger partial charge on any atom is 0.161 e. The number of hydrogen-bond donors (Lipinski definition) is 1. The van der Waals surface area contributed by atoms with Gasteiger partial charge in [-0.2, -0.15) is 5.26 Å². The topological polar surface area (TPSA) is 93.6 Å². The molecule has 1 aromatic heterocycles. The minimum absolute atomic E-state index is 0.176. The van der Waals surface area contributed by atoms with Gasteiger partial charge in [0.05, 0.1) is 27.0 Å². The van der Waals surface area contributed by atoms with E-state index in [0.29, 0.717) is 34.9 Å². The van der Waals surface area contributed by atoms with Crippen LogP contribution in [0.4, 0.5) is 5.82 Å². The van der Waals surface area contributed by atoms with E-state index in [0.717, 1.165) is 22.4 Å². The Bertz CT molecular complexity index is 1140. The molecule has 7 heteroatoms. The Morgan fingerprint density at radius 2 is 1.55 bits per heavy atom. The molecule has 0 atom stereocenters. The maximum absolute atomic E-state index is 9.75. The number of anilines is 1. The number of benzene rings is 2. The highest BCUT2D eigenvalue weighted by molar-refractivity contribution is 5.81. The van der Waals surface area contributed by atoms with Gasteiger partial charge in [0, 0.05) is 23.2 Å². The molecular weight excluding hydrogens is 392 g/mol. The van der Waals surface area contributed by atoms with E-state index in [1.54, 1.807) is 21.3 Å². The molecule has 0 aliphatic heterocycles. The summed E-state index contributed by atoms with van der Waals surface area (Å²) in [5, 5.41) is 9.75. The highest BCUT2D eigenvalue weighted by Crippen LogP contribution is 2.36. The van der Waals surface area contributed by atoms with Crippen molar-refractivity contribution in [1.82, 2.24) is 9.88 Å². The van der Waals surface area contributed by atoms with E-state index < -0.39 is 0 Å². The monoisotopic (exact) mass is 418 g/mol. The lowest BCUT2D eigenvalue weighted by Gasteiger charge is -2.16. The SMILES string of the molecule is COc1ccc(-c2cc(-c3ccc(OC)c(OC)c3)nc(N)c2C#N)cc1CN(C)C. The minimum Gasteiger partial charge on any atom is -0.496 e. The number of aromatic nitrogens is 1. The van der Waals surface area contributed by atoms with Crippen LogP contribution in [0.5, 0.6) is 17.2 Å². The standard InChI is InChI=1S/C24H26N4O3/c1-28(2)14-17-10-15(6-8-21(17)29-3)18-12-20(27-24(26)19(18)13-25)16-7-9-22(30-4)23(11-16)31-5/h6-12H,14H2,1-5H3,(H2,26,27). The molecule has 0 aliphatic carbocycles. The molecule has 2 N–H and O–H groups in total. The number of hydrogen-bond acceptors (Lipinski definition) is 7. The van der Waals surface area contributed by atoms with Gasteiger partial charge in [-0.3, -0.25) is 0 Å². The number of methoxy groups -OCH3 is 3. The Morgan fingerprint density at radius 1 is 0.903 bits per heavy atom. The number of nitrogens with two attached hydrogens (primary N) is 1. The van der Waals surface area contributed by atoms with Crippen molar-refractivity contribution in [2.75, 3.05) is 41.2 Å². The number of nitrogen functional groups attached to an aromatic ring is 1. The molecule has 0 radical (unpaired) electrons. The van der Waals surface area contributed by atoms with Gasteiger partial charge in [0.2, 0.25) is 0 Å².